The standard InChI is InChI=1S/C13H21N3O3S/c1-9(12(17)16-13(2,3)4)15-10-7-5-6-8-11(10)20(14,18)19/h5-9,15H,1-4H3,(H,16,17)(H2,14,18,19). The number of anilines is 1. The highest BCUT2D eigenvalue weighted by molar-refractivity contribution is 7.89. The Morgan fingerprint density at radius 1 is 1.25 bits per heavy atom. The van der Waals surface area contributed by atoms with Gasteiger partial charge < -0.3 is 10.6 Å². The summed E-state index contributed by atoms with van der Waals surface area (Å²) < 4.78 is 22.9. The summed E-state index contributed by atoms with van der Waals surface area (Å²) in [7, 11) is -3.83. The smallest absolute Gasteiger partial charge is 0.242 e. The van der Waals surface area contributed by atoms with Crippen molar-refractivity contribution >= 4 is 21.6 Å². The number of hydrogen-bond acceptors (Lipinski definition) is 4. The molecule has 1 unspecified atom stereocenters. The van der Waals surface area contributed by atoms with E-state index in [1.165, 1.54) is 6.07 Å². The number of sulfonamides is 1. The van der Waals surface area contributed by atoms with E-state index in [0.717, 1.165) is 0 Å². The number of amides is 1. The fraction of sp³-hybridized carbons (Fsp3) is 0.462. The molecule has 20 heavy (non-hydrogen) atoms. The van der Waals surface area contributed by atoms with Crippen LogP contribution in [-0.2, 0) is 14.8 Å². The lowest BCUT2D eigenvalue weighted by Crippen LogP contribution is -2.47. The zero-order valence-corrected chi connectivity index (χ0v) is 12.9. The molecule has 0 heterocycles. The molecule has 4 N–H and O–H groups in total. The molecule has 0 aromatic heterocycles. The molecule has 0 saturated carbocycles. The van der Waals surface area contributed by atoms with E-state index in [4.69, 9.17) is 5.14 Å². The van der Waals surface area contributed by atoms with Gasteiger partial charge in [-0.3, -0.25) is 4.79 Å². The summed E-state index contributed by atoms with van der Waals surface area (Å²) in [6.07, 6.45) is 0. The van der Waals surface area contributed by atoms with E-state index in [1.807, 2.05) is 20.8 Å². The predicted octanol–water partition coefficient (Wildman–Crippen LogP) is 1.05. The predicted molar refractivity (Wildman–Crippen MR) is 78.8 cm³/mol. The van der Waals surface area contributed by atoms with Gasteiger partial charge in [-0.1, -0.05) is 12.1 Å². The molecule has 1 aromatic carbocycles. The van der Waals surface area contributed by atoms with E-state index in [9.17, 15) is 13.2 Å². The second-order valence-corrected chi connectivity index (χ2v) is 7.18. The molecule has 6 nitrogen and oxygen atoms in total. The molecule has 0 aliphatic rings. The first-order chi connectivity index (χ1) is 9.00. The molecule has 1 aromatic rings. The molecule has 0 aliphatic heterocycles. The van der Waals surface area contributed by atoms with Gasteiger partial charge in [0, 0.05) is 5.54 Å². The summed E-state index contributed by atoms with van der Waals surface area (Å²) in [4.78, 5) is 11.9. The van der Waals surface area contributed by atoms with Gasteiger partial charge in [-0.25, -0.2) is 13.6 Å². The first-order valence-corrected chi connectivity index (χ1v) is 7.76. The lowest BCUT2D eigenvalue weighted by molar-refractivity contribution is -0.122. The van der Waals surface area contributed by atoms with Gasteiger partial charge in [-0.15, -0.1) is 0 Å². The van der Waals surface area contributed by atoms with E-state index in [0.29, 0.717) is 5.69 Å². The van der Waals surface area contributed by atoms with Crippen molar-refractivity contribution in [2.45, 2.75) is 44.2 Å². The maximum atomic E-state index is 12.0. The Balaban J connectivity index is 2.92. The number of hydrogen-bond donors (Lipinski definition) is 3. The highest BCUT2D eigenvalue weighted by Crippen LogP contribution is 2.20. The van der Waals surface area contributed by atoms with E-state index < -0.39 is 16.1 Å². The van der Waals surface area contributed by atoms with E-state index >= 15 is 0 Å². The highest BCUT2D eigenvalue weighted by Gasteiger charge is 2.21. The van der Waals surface area contributed by atoms with E-state index in [2.05, 4.69) is 10.6 Å². The third kappa shape index (κ3) is 4.82. The Labute approximate surface area is 119 Å². The Hall–Kier alpha value is -1.60. The molecule has 1 atom stereocenters. The Morgan fingerprint density at radius 3 is 2.30 bits per heavy atom. The summed E-state index contributed by atoms with van der Waals surface area (Å²) in [6.45, 7) is 7.27. The molecule has 0 aliphatic carbocycles. The molecule has 1 rings (SSSR count). The number of para-hydroxylation sites is 1. The maximum absolute atomic E-state index is 12.0. The zero-order chi connectivity index (χ0) is 15.6. The van der Waals surface area contributed by atoms with Gasteiger partial charge in [-0.05, 0) is 39.8 Å². The van der Waals surface area contributed by atoms with Gasteiger partial charge in [0.05, 0.1) is 5.69 Å². The van der Waals surface area contributed by atoms with Gasteiger partial charge in [0.25, 0.3) is 0 Å². The second-order valence-electron chi connectivity index (χ2n) is 5.65. The average molecular weight is 299 g/mol. The van der Waals surface area contributed by atoms with Crippen LogP contribution in [0.15, 0.2) is 29.2 Å². The molecule has 0 fully saturated rings. The third-order valence-electron chi connectivity index (χ3n) is 2.46. The van der Waals surface area contributed by atoms with Crippen molar-refractivity contribution < 1.29 is 13.2 Å². The van der Waals surface area contributed by atoms with Crippen molar-refractivity contribution in [3.05, 3.63) is 24.3 Å². The van der Waals surface area contributed by atoms with Gasteiger partial charge in [-0.2, -0.15) is 0 Å². The number of nitrogens with one attached hydrogen (secondary N) is 2. The normalized spacial score (nSPS) is 13.7. The van der Waals surface area contributed by atoms with Crippen molar-refractivity contribution in [3.63, 3.8) is 0 Å². The molecule has 0 radical (unpaired) electrons. The SMILES string of the molecule is CC(Nc1ccccc1S(N)(=O)=O)C(=O)NC(C)(C)C. The summed E-state index contributed by atoms with van der Waals surface area (Å²) in [5.74, 6) is -0.221. The molecule has 0 spiro atoms. The fourth-order valence-corrected chi connectivity index (χ4v) is 2.31. The molecule has 7 heteroatoms. The quantitative estimate of drug-likeness (QED) is 0.773. The van der Waals surface area contributed by atoms with Crippen LogP contribution in [0.1, 0.15) is 27.7 Å². The van der Waals surface area contributed by atoms with Crippen LogP contribution in [0, 0.1) is 0 Å². The third-order valence-corrected chi connectivity index (χ3v) is 3.43. The summed E-state index contributed by atoms with van der Waals surface area (Å²) in [5, 5.41) is 10.8. The monoisotopic (exact) mass is 299 g/mol. The zero-order valence-electron chi connectivity index (χ0n) is 12.1. The summed E-state index contributed by atoms with van der Waals surface area (Å²) >= 11 is 0. The minimum absolute atomic E-state index is 0.0320. The van der Waals surface area contributed by atoms with Crippen LogP contribution in [0.4, 0.5) is 5.69 Å². The number of carbonyl (C=O) groups excluding carboxylic acids is 1. The van der Waals surface area contributed by atoms with Crippen molar-refractivity contribution in [2.24, 2.45) is 5.14 Å². The van der Waals surface area contributed by atoms with Gasteiger partial charge >= 0.3 is 0 Å². The van der Waals surface area contributed by atoms with Crippen LogP contribution in [0.5, 0.6) is 0 Å². The fourth-order valence-electron chi connectivity index (χ4n) is 1.61. The van der Waals surface area contributed by atoms with Crippen molar-refractivity contribution in [1.82, 2.24) is 5.32 Å². The van der Waals surface area contributed by atoms with Gasteiger partial charge in [0.1, 0.15) is 10.9 Å². The molecule has 0 bridgehead atoms. The second kappa shape index (κ2) is 5.80. The number of nitrogens with two attached hydrogens (primary N) is 1. The van der Waals surface area contributed by atoms with Crippen LogP contribution in [0.25, 0.3) is 0 Å². The van der Waals surface area contributed by atoms with Gasteiger partial charge in [0.2, 0.25) is 15.9 Å². The highest BCUT2D eigenvalue weighted by atomic mass is 32.2. The first-order valence-electron chi connectivity index (χ1n) is 6.21. The first kappa shape index (κ1) is 16.5. The number of benzene rings is 1. The number of rotatable bonds is 4. The van der Waals surface area contributed by atoms with Crippen LogP contribution in [0.2, 0.25) is 0 Å². The lowest BCUT2D eigenvalue weighted by atomic mass is 10.1. The van der Waals surface area contributed by atoms with Crippen LogP contribution in [-0.4, -0.2) is 25.9 Å². The Bertz CT molecular complexity index is 591. The van der Waals surface area contributed by atoms with Crippen LogP contribution >= 0.6 is 0 Å². The van der Waals surface area contributed by atoms with E-state index in [1.54, 1.807) is 25.1 Å². The largest absolute Gasteiger partial charge is 0.373 e. The maximum Gasteiger partial charge on any atom is 0.242 e. The average Bonchev–Trinajstić information content (AvgIpc) is 2.25. The molecule has 0 saturated heterocycles. The summed E-state index contributed by atoms with van der Waals surface area (Å²) in [6, 6.07) is 5.63. The van der Waals surface area contributed by atoms with Crippen molar-refractivity contribution in [1.29, 1.82) is 0 Å². The molecule has 1 amide bonds. The van der Waals surface area contributed by atoms with E-state index in [-0.39, 0.29) is 16.3 Å². The number of carbonyl (C=O) groups is 1. The molecular weight excluding hydrogens is 278 g/mol. The van der Waals surface area contributed by atoms with Crippen LogP contribution < -0.4 is 15.8 Å². The minimum Gasteiger partial charge on any atom is -0.373 e. The topological polar surface area (TPSA) is 101 Å². The number of primary sulfonamides is 1. The Kier molecular flexibility index (Phi) is 4.77. The lowest BCUT2D eigenvalue weighted by Gasteiger charge is -2.24. The Morgan fingerprint density at radius 2 is 1.80 bits per heavy atom. The van der Waals surface area contributed by atoms with Crippen molar-refractivity contribution in [2.75, 3.05) is 5.32 Å². The van der Waals surface area contributed by atoms with Crippen LogP contribution in [0.3, 0.4) is 0 Å². The minimum atomic E-state index is -3.83. The molecular formula is C13H21N3O3S. The molecule has 112 valence electrons. The van der Waals surface area contributed by atoms with Crippen molar-refractivity contribution in [3.8, 4) is 0 Å². The van der Waals surface area contributed by atoms with Gasteiger partial charge in [0.15, 0.2) is 0 Å². The summed E-state index contributed by atoms with van der Waals surface area (Å²) in [5.41, 5.74) is -0.0430.